The van der Waals surface area contributed by atoms with Crippen LogP contribution in [0.2, 0.25) is 0 Å². The number of nitrogens with zero attached hydrogens (tertiary/aromatic N) is 1. The topological polar surface area (TPSA) is 66.2 Å². The minimum absolute atomic E-state index is 0.261. The summed E-state index contributed by atoms with van der Waals surface area (Å²) in [5, 5.41) is 12.8. The number of hydrogen-bond acceptors (Lipinski definition) is 5. The van der Waals surface area contributed by atoms with Gasteiger partial charge >= 0.3 is 0 Å². The van der Waals surface area contributed by atoms with Gasteiger partial charge in [0.25, 0.3) is 0 Å². The number of rotatable bonds is 4. The Morgan fingerprint density at radius 1 is 1.33 bits per heavy atom. The summed E-state index contributed by atoms with van der Waals surface area (Å²) in [7, 11) is 0. The van der Waals surface area contributed by atoms with E-state index in [2.05, 4.69) is 4.98 Å². The normalized spacial score (nSPS) is 10.7. The number of hydrogen-bond donors (Lipinski definition) is 0. The molecular formula is C16H12NO3S-. The van der Waals surface area contributed by atoms with Gasteiger partial charge in [-0.2, -0.15) is 0 Å². The van der Waals surface area contributed by atoms with Crippen molar-refractivity contribution < 1.29 is 14.3 Å². The molecule has 21 heavy (non-hydrogen) atoms. The van der Waals surface area contributed by atoms with E-state index >= 15 is 0 Å². The van der Waals surface area contributed by atoms with E-state index in [1.165, 1.54) is 11.3 Å². The lowest BCUT2D eigenvalue weighted by atomic mass is 10.1. The molecule has 0 N–H and O–H groups in total. The van der Waals surface area contributed by atoms with Crippen LogP contribution < -0.4 is 5.11 Å². The molecule has 4 nitrogen and oxygen atoms in total. The Bertz CT molecular complexity index is 775. The summed E-state index contributed by atoms with van der Waals surface area (Å²) >= 11 is 1.48. The van der Waals surface area contributed by atoms with Gasteiger partial charge in [-0.1, -0.05) is 23.8 Å². The quantitative estimate of drug-likeness (QED) is 0.742. The van der Waals surface area contributed by atoms with E-state index in [0.717, 1.165) is 16.0 Å². The molecular weight excluding hydrogens is 286 g/mol. The van der Waals surface area contributed by atoms with E-state index in [0.29, 0.717) is 17.3 Å². The number of benzene rings is 1. The highest BCUT2D eigenvalue weighted by Gasteiger charge is 2.17. The van der Waals surface area contributed by atoms with Crippen molar-refractivity contribution in [3.63, 3.8) is 0 Å². The fourth-order valence-corrected chi connectivity index (χ4v) is 2.84. The molecule has 3 rings (SSSR count). The second-order valence-electron chi connectivity index (χ2n) is 4.69. The van der Waals surface area contributed by atoms with E-state index in [4.69, 9.17) is 4.42 Å². The van der Waals surface area contributed by atoms with Gasteiger partial charge in [0.2, 0.25) is 5.89 Å². The van der Waals surface area contributed by atoms with Crippen LogP contribution in [0, 0.1) is 6.92 Å². The van der Waals surface area contributed by atoms with Gasteiger partial charge < -0.3 is 14.3 Å². The molecule has 0 spiro atoms. The zero-order valence-corrected chi connectivity index (χ0v) is 12.1. The zero-order valence-electron chi connectivity index (χ0n) is 11.3. The number of oxazole rings is 1. The third-order valence-electron chi connectivity index (χ3n) is 3.02. The van der Waals surface area contributed by atoms with Crippen LogP contribution >= 0.6 is 11.3 Å². The lowest BCUT2D eigenvalue weighted by Crippen LogP contribution is -2.24. The van der Waals surface area contributed by atoms with Crippen molar-refractivity contribution in [1.29, 1.82) is 0 Å². The molecule has 5 heteroatoms. The minimum atomic E-state index is -1.17. The molecule has 0 radical (unpaired) electrons. The van der Waals surface area contributed by atoms with E-state index < -0.39 is 5.97 Å². The molecule has 0 unspecified atom stereocenters. The van der Waals surface area contributed by atoms with Crippen LogP contribution in [0.1, 0.15) is 11.3 Å². The van der Waals surface area contributed by atoms with Gasteiger partial charge in [-0.3, -0.25) is 0 Å². The molecule has 3 aromatic rings. The summed E-state index contributed by atoms with van der Waals surface area (Å²) in [6.45, 7) is 1.98. The fraction of sp³-hybridized carbons (Fsp3) is 0.125. The smallest absolute Gasteiger partial charge is 0.227 e. The molecule has 0 amide bonds. The van der Waals surface area contributed by atoms with E-state index in [-0.39, 0.29) is 6.42 Å². The fourth-order valence-electron chi connectivity index (χ4n) is 2.11. The van der Waals surface area contributed by atoms with Gasteiger partial charge in [-0.15, -0.1) is 11.3 Å². The number of carbonyl (C=O) groups is 1. The third-order valence-corrected chi connectivity index (χ3v) is 3.89. The second kappa shape index (κ2) is 5.54. The first kappa shape index (κ1) is 13.6. The second-order valence-corrected chi connectivity index (χ2v) is 5.64. The van der Waals surface area contributed by atoms with E-state index in [9.17, 15) is 9.90 Å². The van der Waals surface area contributed by atoms with Gasteiger partial charge in [0.05, 0.1) is 10.6 Å². The number of carbonyl (C=O) groups excluding carboxylic acids is 1. The van der Waals surface area contributed by atoms with Crippen molar-refractivity contribution in [3.05, 3.63) is 53.0 Å². The average Bonchev–Trinajstić information content (AvgIpc) is 3.06. The predicted molar refractivity (Wildman–Crippen MR) is 78.7 cm³/mol. The summed E-state index contributed by atoms with van der Waals surface area (Å²) in [6.07, 6.45) is -0.261. The highest BCUT2D eigenvalue weighted by atomic mass is 32.1. The van der Waals surface area contributed by atoms with Crippen LogP contribution in [0.4, 0.5) is 0 Å². The summed E-state index contributed by atoms with van der Waals surface area (Å²) in [5.74, 6) is -0.235. The first-order valence-electron chi connectivity index (χ1n) is 6.44. The third kappa shape index (κ3) is 2.87. The van der Waals surface area contributed by atoms with Crippen molar-refractivity contribution in [2.24, 2.45) is 0 Å². The predicted octanol–water partition coefficient (Wildman–Crippen LogP) is 2.67. The van der Waals surface area contributed by atoms with Crippen molar-refractivity contribution in [2.45, 2.75) is 13.3 Å². The van der Waals surface area contributed by atoms with Crippen LogP contribution in [0.25, 0.3) is 22.1 Å². The van der Waals surface area contributed by atoms with Gasteiger partial charge in [-0.25, -0.2) is 4.98 Å². The van der Waals surface area contributed by atoms with Gasteiger partial charge in [0, 0.05) is 18.0 Å². The highest BCUT2D eigenvalue weighted by molar-refractivity contribution is 7.13. The first-order valence-corrected chi connectivity index (χ1v) is 7.32. The largest absolute Gasteiger partial charge is 0.550 e. The van der Waals surface area contributed by atoms with E-state index in [1.54, 1.807) is 0 Å². The first-order chi connectivity index (χ1) is 10.1. The Hall–Kier alpha value is -2.40. The lowest BCUT2D eigenvalue weighted by molar-refractivity contribution is -0.304. The lowest BCUT2D eigenvalue weighted by Gasteiger charge is -1.99. The van der Waals surface area contributed by atoms with Crippen LogP contribution in [0.3, 0.4) is 0 Å². The highest BCUT2D eigenvalue weighted by Crippen LogP contribution is 2.33. The van der Waals surface area contributed by atoms with Crippen molar-refractivity contribution >= 4 is 17.3 Å². The number of aliphatic carboxylic acids is 1. The number of carboxylic acid groups (broad SMARTS) is 1. The number of carboxylic acids is 1. The molecule has 0 saturated carbocycles. The molecule has 0 saturated heterocycles. The Morgan fingerprint density at radius 2 is 2.19 bits per heavy atom. The summed E-state index contributed by atoms with van der Waals surface area (Å²) in [4.78, 5) is 16.1. The summed E-state index contributed by atoms with van der Waals surface area (Å²) in [5.41, 5.74) is 2.32. The molecule has 0 bridgehead atoms. The standard InChI is InChI=1S/C16H13NO3S/c1-10-4-2-5-11(8-10)16-17-12(9-14(18)19)15(20-16)13-6-3-7-21-13/h2-8H,9H2,1H3,(H,18,19)/p-1. The maximum absolute atomic E-state index is 10.9. The molecule has 106 valence electrons. The molecule has 0 aliphatic heterocycles. The molecule has 2 aromatic heterocycles. The molecule has 0 aliphatic rings. The zero-order chi connectivity index (χ0) is 14.8. The Labute approximate surface area is 125 Å². The summed E-state index contributed by atoms with van der Waals surface area (Å²) < 4.78 is 5.81. The monoisotopic (exact) mass is 298 g/mol. The molecule has 0 atom stereocenters. The molecule has 1 aromatic carbocycles. The van der Waals surface area contributed by atoms with Crippen molar-refractivity contribution in [2.75, 3.05) is 0 Å². The number of aryl methyl sites for hydroxylation is 1. The molecule has 0 fully saturated rings. The van der Waals surface area contributed by atoms with Gasteiger partial charge in [0.15, 0.2) is 5.76 Å². The number of thiophene rings is 1. The molecule has 2 heterocycles. The van der Waals surface area contributed by atoms with Crippen LogP contribution in [-0.4, -0.2) is 11.0 Å². The Kier molecular flexibility index (Phi) is 3.58. The minimum Gasteiger partial charge on any atom is -0.550 e. The maximum Gasteiger partial charge on any atom is 0.227 e. The summed E-state index contributed by atoms with van der Waals surface area (Å²) in [6, 6.07) is 11.5. The number of aromatic nitrogens is 1. The van der Waals surface area contributed by atoms with Crippen LogP contribution in [0.15, 0.2) is 46.2 Å². The maximum atomic E-state index is 10.9. The average molecular weight is 298 g/mol. The van der Waals surface area contributed by atoms with Gasteiger partial charge in [-0.05, 0) is 30.5 Å². The Morgan fingerprint density at radius 3 is 2.86 bits per heavy atom. The van der Waals surface area contributed by atoms with Gasteiger partial charge in [0.1, 0.15) is 0 Å². The van der Waals surface area contributed by atoms with Crippen LogP contribution in [0.5, 0.6) is 0 Å². The Balaban J connectivity index is 2.09. The van der Waals surface area contributed by atoms with Crippen molar-refractivity contribution in [1.82, 2.24) is 4.98 Å². The SMILES string of the molecule is Cc1cccc(-c2nc(CC(=O)[O-])c(-c3cccs3)o2)c1. The van der Waals surface area contributed by atoms with E-state index in [1.807, 2.05) is 48.7 Å². The molecule has 0 aliphatic carbocycles. The van der Waals surface area contributed by atoms with Crippen LogP contribution in [-0.2, 0) is 11.2 Å². The van der Waals surface area contributed by atoms with Crippen molar-refractivity contribution in [3.8, 4) is 22.1 Å².